The lowest BCUT2D eigenvalue weighted by atomic mass is 10.1. The Morgan fingerprint density at radius 3 is 1.98 bits per heavy atom. The molecule has 9 heteroatoms. The van der Waals surface area contributed by atoms with Crippen molar-refractivity contribution < 1.29 is 37.3 Å². The van der Waals surface area contributed by atoms with Gasteiger partial charge in [-0.1, -0.05) is 94.6 Å². The second kappa shape index (κ2) is 28.0. The standard InChI is InChI=1S/C34H62NO7P/c1-6-8-10-11-12-13-14-15-16-17-18-19-20-21-22-23-24-26-29-39-31-33(42-34(36)27-25-9-7-2)32-41-43(37,38)40-30-28-35(3,4)5/h8,10,12-13,15-16,18-19,33H,6-7,9,11,14,17,20-32H2,1-5H3/b10-8-,13-12-,16-15-,19-18-. The molecule has 0 aliphatic carbocycles. The van der Waals surface area contributed by atoms with E-state index in [1.807, 2.05) is 21.1 Å². The molecule has 0 N–H and O–H groups in total. The number of hydrogen-bond acceptors (Lipinski definition) is 7. The van der Waals surface area contributed by atoms with Crippen molar-refractivity contribution in [2.45, 2.75) is 110 Å². The van der Waals surface area contributed by atoms with Gasteiger partial charge in [0.1, 0.15) is 19.3 Å². The number of carbonyl (C=O) groups excluding carboxylic acids is 1. The fraction of sp³-hybridized carbons (Fsp3) is 0.735. The smallest absolute Gasteiger partial charge is 0.306 e. The van der Waals surface area contributed by atoms with E-state index in [4.69, 9.17) is 18.5 Å². The first-order chi connectivity index (χ1) is 20.6. The first-order valence-corrected chi connectivity index (χ1v) is 17.8. The molecule has 0 aromatic carbocycles. The van der Waals surface area contributed by atoms with Gasteiger partial charge in [-0.05, 0) is 51.4 Å². The molecule has 0 aromatic rings. The maximum atomic E-state index is 12.2. The van der Waals surface area contributed by atoms with Crippen molar-refractivity contribution >= 4 is 13.8 Å². The van der Waals surface area contributed by atoms with Gasteiger partial charge in [-0.3, -0.25) is 9.36 Å². The van der Waals surface area contributed by atoms with Crippen molar-refractivity contribution in [3.8, 4) is 0 Å². The van der Waals surface area contributed by atoms with Gasteiger partial charge in [0, 0.05) is 13.0 Å². The highest BCUT2D eigenvalue weighted by Crippen LogP contribution is 2.38. The summed E-state index contributed by atoms with van der Waals surface area (Å²) in [7, 11) is 1.33. The molecule has 0 rings (SSSR count). The zero-order chi connectivity index (χ0) is 32.1. The molecular formula is C34H62NO7P. The van der Waals surface area contributed by atoms with E-state index in [1.165, 1.54) is 12.8 Å². The molecule has 0 amide bonds. The predicted octanol–water partition coefficient (Wildman–Crippen LogP) is 7.85. The molecule has 0 spiro atoms. The molecule has 0 aliphatic rings. The Morgan fingerprint density at radius 2 is 1.35 bits per heavy atom. The average Bonchev–Trinajstić information content (AvgIpc) is 2.94. The molecule has 0 radical (unpaired) electrons. The van der Waals surface area contributed by atoms with E-state index in [2.05, 4.69) is 62.5 Å². The van der Waals surface area contributed by atoms with Crippen LogP contribution in [-0.2, 0) is 27.9 Å². The minimum atomic E-state index is -4.50. The third-order valence-electron chi connectivity index (χ3n) is 6.39. The van der Waals surface area contributed by atoms with Crippen LogP contribution in [0.3, 0.4) is 0 Å². The maximum Gasteiger partial charge on any atom is 0.306 e. The second-order valence-electron chi connectivity index (χ2n) is 11.8. The molecule has 0 saturated carbocycles. The summed E-state index contributed by atoms with van der Waals surface area (Å²) >= 11 is 0. The van der Waals surface area contributed by atoms with Crippen LogP contribution >= 0.6 is 7.82 Å². The van der Waals surface area contributed by atoms with Gasteiger partial charge in [0.25, 0.3) is 7.82 Å². The zero-order valence-corrected chi connectivity index (χ0v) is 28.8. The molecular weight excluding hydrogens is 565 g/mol. The van der Waals surface area contributed by atoms with E-state index in [0.29, 0.717) is 24.1 Å². The van der Waals surface area contributed by atoms with Crippen molar-refractivity contribution in [3.63, 3.8) is 0 Å². The fourth-order valence-corrected chi connectivity index (χ4v) is 4.56. The summed E-state index contributed by atoms with van der Waals surface area (Å²) in [4.78, 5) is 24.4. The molecule has 43 heavy (non-hydrogen) atoms. The molecule has 0 heterocycles. The number of hydrogen-bond donors (Lipinski definition) is 0. The summed E-state index contributed by atoms with van der Waals surface area (Å²) in [5.74, 6) is -0.370. The van der Waals surface area contributed by atoms with Crippen LogP contribution in [-0.4, -0.2) is 70.7 Å². The number of esters is 1. The number of quaternary nitrogens is 1. The fourth-order valence-electron chi connectivity index (χ4n) is 3.83. The molecule has 0 aliphatic heterocycles. The predicted molar refractivity (Wildman–Crippen MR) is 176 cm³/mol. The van der Waals surface area contributed by atoms with Gasteiger partial charge in [-0.2, -0.15) is 0 Å². The van der Waals surface area contributed by atoms with Gasteiger partial charge in [0.05, 0.1) is 34.4 Å². The van der Waals surface area contributed by atoms with Gasteiger partial charge >= 0.3 is 5.97 Å². The topological polar surface area (TPSA) is 94.1 Å². The Labute approximate surface area is 263 Å². The number of rotatable bonds is 29. The summed E-state index contributed by atoms with van der Waals surface area (Å²) in [6.07, 6.45) is 30.5. The summed E-state index contributed by atoms with van der Waals surface area (Å²) in [5, 5.41) is 0. The van der Waals surface area contributed by atoms with Crippen LogP contribution in [0.2, 0.25) is 0 Å². The zero-order valence-electron chi connectivity index (χ0n) is 27.9. The van der Waals surface area contributed by atoms with Crippen LogP contribution in [0.1, 0.15) is 104 Å². The monoisotopic (exact) mass is 627 g/mol. The van der Waals surface area contributed by atoms with E-state index in [-0.39, 0.29) is 25.8 Å². The molecule has 8 nitrogen and oxygen atoms in total. The highest BCUT2D eigenvalue weighted by Gasteiger charge is 2.20. The first-order valence-electron chi connectivity index (χ1n) is 16.4. The first kappa shape index (κ1) is 41.5. The average molecular weight is 628 g/mol. The second-order valence-corrected chi connectivity index (χ2v) is 13.2. The molecule has 2 atom stereocenters. The van der Waals surface area contributed by atoms with Crippen LogP contribution in [0.5, 0.6) is 0 Å². The third-order valence-corrected chi connectivity index (χ3v) is 7.36. The van der Waals surface area contributed by atoms with Crippen molar-refractivity contribution in [1.29, 1.82) is 0 Å². The lowest BCUT2D eigenvalue weighted by molar-refractivity contribution is -0.870. The number of allylic oxidation sites excluding steroid dienone is 8. The Kier molecular flexibility index (Phi) is 27.0. The molecule has 0 fully saturated rings. The van der Waals surface area contributed by atoms with Crippen LogP contribution in [0.15, 0.2) is 48.6 Å². The van der Waals surface area contributed by atoms with Gasteiger partial charge < -0.3 is 27.9 Å². The van der Waals surface area contributed by atoms with Crippen LogP contribution in [0, 0.1) is 0 Å². The van der Waals surface area contributed by atoms with Gasteiger partial charge in [0.2, 0.25) is 0 Å². The van der Waals surface area contributed by atoms with Gasteiger partial charge in [-0.25, -0.2) is 0 Å². The van der Waals surface area contributed by atoms with E-state index < -0.39 is 13.9 Å². The number of phosphoric ester groups is 1. The Hall–Kier alpha value is -1.54. The van der Waals surface area contributed by atoms with Gasteiger partial charge in [-0.15, -0.1) is 0 Å². The number of nitrogens with zero attached hydrogens (tertiary/aromatic N) is 1. The van der Waals surface area contributed by atoms with E-state index >= 15 is 0 Å². The van der Waals surface area contributed by atoms with Crippen LogP contribution in [0.4, 0.5) is 0 Å². The molecule has 250 valence electrons. The highest BCUT2D eigenvalue weighted by molar-refractivity contribution is 7.45. The van der Waals surface area contributed by atoms with Crippen molar-refractivity contribution in [1.82, 2.24) is 0 Å². The van der Waals surface area contributed by atoms with E-state index in [0.717, 1.165) is 70.6 Å². The summed E-state index contributed by atoms with van der Waals surface area (Å²) in [6.45, 7) is 5.04. The number of unbranched alkanes of at least 4 members (excludes halogenated alkanes) is 7. The normalized spacial score (nSPS) is 14.8. The van der Waals surface area contributed by atoms with E-state index in [9.17, 15) is 14.3 Å². The summed E-state index contributed by atoms with van der Waals surface area (Å²) in [5.41, 5.74) is 0. The maximum absolute atomic E-state index is 12.2. The summed E-state index contributed by atoms with van der Waals surface area (Å²) < 4.78 is 33.9. The number of likely N-dealkylation sites (N-methyl/N-ethyl adjacent to an activating group) is 1. The quantitative estimate of drug-likeness (QED) is 0.0274. The van der Waals surface area contributed by atoms with Gasteiger partial charge in [0.15, 0.2) is 0 Å². The lowest BCUT2D eigenvalue weighted by Gasteiger charge is -2.28. The number of ether oxygens (including phenoxy) is 2. The molecule has 0 aromatic heterocycles. The SMILES string of the molecule is CC/C=C\C/C=C\C/C=C\C/C=C\CCCCCCCOCC(COP(=O)([O-])OCC[N+](C)(C)C)OC(=O)CCCCC. The Bertz CT molecular complexity index is 833. The number of carbonyl (C=O) groups is 1. The molecule has 2 unspecified atom stereocenters. The third kappa shape index (κ3) is 31.7. The molecule has 0 bridgehead atoms. The number of phosphoric acid groups is 1. The van der Waals surface area contributed by atoms with Crippen molar-refractivity contribution in [2.75, 3.05) is 54.1 Å². The highest BCUT2D eigenvalue weighted by atomic mass is 31.2. The summed E-state index contributed by atoms with van der Waals surface area (Å²) in [6, 6.07) is 0. The van der Waals surface area contributed by atoms with Crippen molar-refractivity contribution in [3.05, 3.63) is 48.6 Å². The van der Waals surface area contributed by atoms with E-state index in [1.54, 1.807) is 0 Å². The Morgan fingerprint density at radius 1 is 0.744 bits per heavy atom. The van der Waals surface area contributed by atoms with Crippen LogP contribution in [0.25, 0.3) is 0 Å². The van der Waals surface area contributed by atoms with Crippen molar-refractivity contribution in [2.24, 2.45) is 0 Å². The minimum Gasteiger partial charge on any atom is -0.756 e. The van der Waals surface area contributed by atoms with Crippen LogP contribution < -0.4 is 4.89 Å². The largest absolute Gasteiger partial charge is 0.756 e. The molecule has 0 saturated heterocycles. The minimum absolute atomic E-state index is 0.0195. The Balaban J connectivity index is 4.13. The lowest BCUT2D eigenvalue weighted by Crippen LogP contribution is -2.37.